The molecule has 0 aliphatic carbocycles. The van der Waals surface area contributed by atoms with E-state index in [-0.39, 0.29) is 11.6 Å². The molecule has 0 radical (unpaired) electrons. The zero-order valence-electron chi connectivity index (χ0n) is 10.6. The molecule has 1 unspecified atom stereocenters. The lowest BCUT2D eigenvalue weighted by Crippen LogP contribution is -2.25. The Morgan fingerprint density at radius 3 is 3.11 bits per heavy atom. The first-order chi connectivity index (χ1) is 9.16. The molecule has 1 aliphatic heterocycles. The summed E-state index contributed by atoms with van der Waals surface area (Å²) in [7, 11) is 0. The van der Waals surface area contributed by atoms with Crippen LogP contribution >= 0.6 is 0 Å². The van der Waals surface area contributed by atoms with E-state index in [9.17, 15) is 4.79 Å². The number of carboxylic acids is 1. The molecule has 5 nitrogen and oxygen atoms in total. The predicted octanol–water partition coefficient (Wildman–Crippen LogP) is 2.29. The second-order valence-corrected chi connectivity index (χ2v) is 4.80. The molecule has 2 N–H and O–H groups in total. The molecule has 1 atom stereocenters. The van der Waals surface area contributed by atoms with Crippen LogP contribution in [-0.4, -0.2) is 27.4 Å². The van der Waals surface area contributed by atoms with Crippen molar-refractivity contribution >= 4 is 11.8 Å². The molecule has 3 rings (SSSR count). The highest BCUT2D eigenvalue weighted by Gasteiger charge is 2.26. The van der Waals surface area contributed by atoms with E-state index in [2.05, 4.69) is 35.5 Å². The minimum absolute atomic E-state index is 0.101. The molecule has 0 bridgehead atoms. The molecule has 0 saturated carbocycles. The van der Waals surface area contributed by atoms with Crippen molar-refractivity contribution in [1.29, 1.82) is 0 Å². The van der Waals surface area contributed by atoms with Crippen LogP contribution in [0.5, 0.6) is 0 Å². The van der Waals surface area contributed by atoms with Gasteiger partial charge in [0.05, 0.1) is 12.2 Å². The predicted molar refractivity (Wildman–Crippen MR) is 71.6 cm³/mol. The normalized spacial score (nSPS) is 17.6. The minimum Gasteiger partial charge on any atom is -0.477 e. The molecule has 0 fully saturated rings. The van der Waals surface area contributed by atoms with Gasteiger partial charge in [-0.25, -0.2) is 9.48 Å². The summed E-state index contributed by atoms with van der Waals surface area (Å²) in [5.41, 5.74) is 2.60. The van der Waals surface area contributed by atoms with Crippen LogP contribution in [0.3, 0.4) is 0 Å². The maximum absolute atomic E-state index is 11.1. The van der Waals surface area contributed by atoms with Crippen LogP contribution in [-0.2, 0) is 0 Å². The number of nitrogens with zero attached hydrogens (tertiary/aromatic N) is 2. The van der Waals surface area contributed by atoms with Crippen molar-refractivity contribution in [2.45, 2.75) is 19.4 Å². The summed E-state index contributed by atoms with van der Waals surface area (Å²) < 4.78 is 1.78. The maximum atomic E-state index is 11.1. The number of nitrogens with one attached hydrogen (secondary N) is 1. The van der Waals surface area contributed by atoms with Gasteiger partial charge < -0.3 is 10.4 Å². The summed E-state index contributed by atoms with van der Waals surface area (Å²) in [6, 6.07) is 8.37. The summed E-state index contributed by atoms with van der Waals surface area (Å²) in [5, 5.41) is 16.5. The van der Waals surface area contributed by atoms with Crippen molar-refractivity contribution in [3.8, 4) is 0 Å². The van der Waals surface area contributed by atoms with Crippen LogP contribution in [0.25, 0.3) is 0 Å². The molecular formula is C14H15N3O2. The topological polar surface area (TPSA) is 67.2 Å². The Morgan fingerprint density at radius 1 is 1.53 bits per heavy atom. The molecule has 0 amide bonds. The molecule has 1 aliphatic rings. The largest absolute Gasteiger partial charge is 0.477 e. The van der Waals surface area contributed by atoms with Gasteiger partial charge in [0.25, 0.3) is 0 Å². The molecule has 1 aromatic heterocycles. The number of aromatic carboxylic acids is 1. The maximum Gasteiger partial charge on any atom is 0.341 e. The Balaban J connectivity index is 2.06. The van der Waals surface area contributed by atoms with Gasteiger partial charge in [0, 0.05) is 6.54 Å². The lowest BCUT2D eigenvalue weighted by Gasteiger charge is -2.26. The van der Waals surface area contributed by atoms with E-state index in [0.29, 0.717) is 5.82 Å². The van der Waals surface area contributed by atoms with Gasteiger partial charge in [0.15, 0.2) is 0 Å². The van der Waals surface area contributed by atoms with Crippen molar-refractivity contribution in [1.82, 2.24) is 9.78 Å². The van der Waals surface area contributed by atoms with Gasteiger partial charge in [-0.3, -0.25) is 0 Å². The number of rotatable bonds is 2. The number of aryl methyl sites for hydroxylation is 1. The standard InChI is InChI=1S/C14H15N3O2/c1-9-3-2-4-10(7-9)12-5-6-15-13-11(14(18)19)8-16-17(12)13/h2-4,7-8,12,15H,5-6H2,1H3,(H,18,19). The first-order valence-corrected chi connectivity index (χ1v) is 6.28. The summed E-state index contributed by atoms with van der Waals surface area (Å²) >= 11 is 0. The van der Waals surface area contributed by atoms with Gasteiger partial charge in [-0.1, -0.05) is 29.8 Å². The zero-order valence-corrected chi connectivity index (χ0v) is 10.6. The van der Waals surface area contributed by atoms with Crippen molar-refractivity contribution in [2.75, 3.05) is 11.9 Å². The van der Waals surface area contributed by atoms with Crippen LogP contribution in [0.15, 0.2) is 30.5 Å². The van der Waals surface area contributed by atoms with Crippen LogP contribution in [0.1, 0.15) is 33.9 Å². The fourth-order valence-electron chi connectivity index (χ4n) is 2.57. The number of carboxylic acid groups (broad SMARTS) is 1. The van der Waals surface area contributed by atoms with Crippen molar-refractivity contribution in [2.24, 2.45) is 0 Å². The number of hydrogen-bond acceptors (Lipinski definition) is 3. The monoisotopic (exact) mass is 257 g/mol. The average Bonchev–Trinajstić information content (AvgIpc) is 2.82. The van der Waals surface area contributed by atoms with Gasteiger partial charge in [0.1, 0.15) is 11.4 Å². The average molecular weight is 257 g/mol. The summed E-state index contributed by atoms with van der Waals surface area (Å²) in [5.74, 6) is -0.344. The smallest absolute Gasteiger partial charge is 0.341 e. The molecular weight excluding hydrogens is 242 g/mol. The second kappa shape index (κ2) is 4.42. The van der Waals surface area contributed by atoms with Gasteiger partial charge in [-0.2, -0.15) is 5.10 Å². The first-order valence-electron chi connectivity index (χ1n) is 6.28. The highest BCUT2D eigenvalue weighted by molar-refractivity contribution is 5.93. The van der Waals surface area contributed by atoms with Crippen molar-refractivity contribution < 1.29 is 9.90 Å². The Hall–Kier alpha value is -2.30. The fourth-order valence-corrected chi connectivity index (χ4v) is 2.57. The van der Waals surface area contributed by atoms with Crippen LogP contribution < -0.4 is 5.32 Å². The van der Waals surface area contributed by atoms with Crippen LogP contribution in [0.4, 0.5) is 5.82 Å². The molecule has 1 aromatic carbocycles. The van der Waals surface area contributed by atoms with E-state index < -0.39 is 5.97 Å². The van der Waals surface area contributed by atoms with Gasteiger partial charge >= 0.3 is 5.97 Å². The van der Waals surface area contributed by atoms with Crippen LogP contribution in [0, 0.1) is 6.92 Å². The minimum atomic E-state index is -0.946. The highest BCUT2D eigenvalue weighted by atomic mass is 16.4. The Labute approximate surface area is 110 Å². The third-order valence-electron chi connectivity index (χ3n) is 3.46. The number of benzene rings is 1. The van der Waals surface area contributed by atoms with E-state index in [1.165, 1.54) is 17.3 Å². The summed E-state index contributed by atoms with van der Waals surface area (Å²) in [6.07, 6.45) is 2.32. The number of aromatic nitrogens is 2. The van der Waals surface area contributed by atoms with Gasteiger partial charge in [-0.05, 0) is 18.9 Å². The number of fused-ring (bicyclic) bond motifs is 1. The van der Waals surface area contributed by atoms with E-state index >= 15 is 0 Å². The Bertz CT molecular complexity index is 633. The Kier molecular flexibility index (Phi) is 2.74. The zero-order chi connectivity index (χ0) is 13.4. The number of carbonyl (C=O) groups is 1. The van der Waals surface area contributed by atoms with E-state index in [0.717, 1.165) is 13.0 Å². The molecule has 2 heterocycles. The first kappa shape index (κ1) is 11.8. The summed E-state index contributed by atoms with van der Waals surface area (Å²) in [6.45, 7) is 2.81. The fraction of sp³-hybridized carbons (Fsp3) is 0.286. The van der Waals surface area contributed by atoms with Crippen molar-refractivity contribution in [3.05, 3.63) is 47.2 Å². The molecule has 19 heavy (non-hydrogen) atoms. The van der Waals surface area contributed by atoms with E-state index in [4.69, 9.17) is 5.11 Å². The lowest BCUT2D eigenvalue weighted by atomic mass is 10.0. The summed E-state index contributed by atoms with van der Waals surface area (Å²) in [4.78, 5) is 11.1. The molecule has 98 valence electrons. The molecule has 5 heteroatoms. The SMILES string of the molecule is Cc1cccc(C2CCNc3c(C(=O)O)cnn32)c1. The third-order valence-corrected chi connectivity index (χ3v) is 3.46. The third kappa shape index (κ3) is 1.97. The second-order valence-electron chi connectivity index (χ2n) is 4.80. The van der Waals surface area contributed by atoms with Gasteiger partial charge in [0.2, 0.25) is 0 Å². The Morgan fingerprint density at radius 2 is 2.37 bits per heavy atom. The lowest BCUT2D eigenvalue weighted by molar-refractivity contribution is 0.0697. The highest BCUT2D eigenvalue weighted by Crippen LogP contribution is 2.31. The quantitative estimate of drug-likeness (QED) is 0.866. The van der Waals surface area contributed by atoms with Crippen molar-refractivity contribution in [3.63, 3.8) is 0 Å². The molecule has 2 aromatic rings. The molecule has 0 saturated heterocycles. The van der Waals surface area contributed by atoms with Gasteiger partial charge in [-0.15, -0.1) is 0 Å². The van der Waals surface area contributed by atoms with E-state index in [1.807, 2.05) is 6.07 Å². The molecule has 0 spiro atoms. The number of hydrogen-bond donors (Lipinski definition) is 2. The number of anilines is 1. The van der Waals surface area contributed by atoms with Crippen LogP contribution in [0.2, 0.25) is 0 Å². The van der Waals surface area contributed by atoms with E-state index in [1.54, 1.807) is 4.68 Å².